The lowest BCUT2D eigenvalue weighted by atomic mass is 10.2. The zero-order valence-electron chi connectivity index (χ0n) is 7.22. The second-order valence-corrected chi connectivity index (χ2v) is 3.58. The highest BCUT2D eigenvalue weighted by Crippen LogP contribution is 2.20. The van der Waals surface area contributed by atoms with Crippen molar-refractivity contribution in [2.24, 2.45) is 0 Å². The third kappa shape index (κ3) is 1.54. The molecule has 13 heavy (non-hydrogen) atoms. The topological polar surface area (TPSA) is 70.0 Å². The fourth-order valence-electron chi connectivity index (χ4n) is 1.86. The summed E-state index contributed by atoms with van der Waals surface area (Å²) in [4.78, 5) is 12.8. The van der Waals surface area contributed by atoms with Gasteiger partial charge in [-0.05, 0) is 0 Å². The number of β-amino-alcohol motifs (C(OH)–C–C–N with tert-alkyl or cyclic N) is 1. The Kier molecular flexibility index (Phi) is 2.23. The number of hydrogen-bond acceptors (Lipinski definition) is 4. The summed E-state index contributed by atoms with van der Waals surface area (Å²) in [6.45, 7) is 0.980. The molecule has 0 spiro atoms. The predicted octanol–water partition coefficient (Wildman–Crippen LogP) is -1.66. The van der Waals surface area contributed by atoms with E-state index < -0.39 is 12.2 Å². The largest absolute Gasteiger partial charge is 0.391 e. The Balaban J connectivity index is 2.04. The predicted molar refractivity (Wildman–Crippen MR) is 43.0 cm³/mol. The van der Waals surface area contributed by atoms with Crippen molar-refractivity contribution in [2.45, 2.75) is 24.7 Å². The number of amides is 1. The second-order valence-electron chi connectivity index (χ2n) is 3.58. The minimum Gasteiger partial charge on any atom is -0.391 e. The van der Waals surface area contributed by atoms with E-state index in [0.29, 0.717) is 13.2 Å². The van der Waals surface area contributed by atoms with Crippen LogP contribution < -0.4 is 0 Å². The molecule has 2 N–H and O–H groups in total. The van der Waals surface area contributed by atoms with Gasteiger partial charge in [-0.25, -0.2) is 0 Å². The van der Waals surface area contributed by atoms with Crippen LogP contribution in [0.15, 0.2) is 0 Å². The molecule has 2 rings (SSSR count). The molecule has 0 saturated carbocycles. The number of aliphatic hydroxyl groups is 2. The van der Waals surface area contributed by atoms with Gasteiger partial charge in [0.25, 0.3) is 0 Å². The average molecular weight is 187 g/mol. The van der Waals surface area contributed by atoms with Crippen LogP contribution >= 0.6 is 0 Å². The van der Waals surface area contributed by atoms with Crippen molar-refractivity contribution in [3.05, 3.63) is 0 Å². The van der Waals surface area contributed by atoms with Gasteiger partial charge >= 0.3 is 0 Å². The summed E-state index contributed by atoms with van der Waals surface area (Å²) in [6.07, 6.45) is -1.02. The third-order valence-electron chi connectivity index (χ3n) is 2.56. The summed E-state index contributed by atoms with van der Waals surface area (Å²) in [5, 5.41) is 18.7. The molecule has 1 amide bonds. The molecule has 3 unspecified atom stereocenters. The molecule has 74 valence electrons. The lowest BCUT2D eigenvalue weighted by molar-refractivity contribution is -0.131. The molecule has 0 aromatic heterocycles. The summed E-state index contributed by atoms with van der Waals surface area (Å²) in [7, 11) is 0. The van der Waals surface area contributed by atoms with Crippen LogP contribution in [0.5, 0.6) is 0 Å². The van der Waals surface area contributed by atoms with Gasteiger partial charge in [0, 0.05) is 6.54 Å². The Hall–Kier alpha value is -0.650. The molecule has 0 aliphatic carbocycles. The van der Waals surface area contributed by atoms with E-state index in [4.69, 9.17) is 4.74 Å². The normalized spacial score (nSPS) is 40.3. The number of nitrogens with zero attached hydrogens (tertiary/aromatic N) is 1. The van der Waals surface area contributed by atoms with Crippen LogP contribution in [0.25, 0.3) is 0 Å². The van der Waals surface area contributed by atoms with Crippen LogP contribution in [0, 0.1) is 0 Å². The first kappa shape index (κ1) is 8.93. The Morgan fingerprint density at radius 2 is 2.15 bits per heavy atom. The van der Waals surface area contributed by atoms with Crippen molar-refractivity contribution in [1.82, 2.24) is 4.90 Å². The molecule has 0 aromatic carbocycles. The molecule has 2 heterocycles. The monoisotopic (exact) mass is 187 g/mol. The fourth-order valence-corrected chi connectivity index (χ4v) is 1.86. The van der Waals surface area contributed by atoms with E-state index in [1.807, 2.05) is 0 Å². The van der Waals surface area contributed by atoms with Crippen LogP contribution in [0.3, 0.4) is 0 Å². The molecule has 0 radical (unpaired) electrons. The van der Waals surface area contributed by atoms with Crippen molar-refractivity contribution < 1.29 is 19.7 Å². The number of aliphatic hydroxyl groups excluding tert-OH is 2. The first-order chi connectivity index (χ1) is 6.18. The summed E-state index contributed by atoms with van der Waals surface area (Å²) in [5.41, 5.74) is 0. The van der Waals surface area contributed by atoms with Gasteiger partial charge in [-0.1, -0.05) is 0 Å². The van der Waals surface area contributed by atoms with Crippen LogP contribution in [0.2, 0.25) is 0 Å². The number of likely N-dealkylation sites (tertiary alicyclic amines) is 1. The highest BCUT2D eigenvalue weighted by molar-refractivity contribution is 5.79. The molecule has 3 atom stereocenters. The molecule has 2 aliphatic rings. The minimum absolute atomic E-state index is 0.0953. The second kappa shape index (κ2) is 3.25. The van der Waals surface area contributed by atoms with Crippen LogP contribution in [0.4, 0.5) is 0 Å². The van der Waals surface area contributed by atoms with E-state index in [0.717, 1.165) is 0 Å². The van der Waals surface area contributed by atoms with Crippen LogP contribution in [-0.2, 0) is 9.53 Å². The third-order valence-corrected chi connectivity index (χ3v) is 2.56. The van der Waals surface area contributed by atoms with Gasteiger partial charge in [0.2, 0.25) is 5.91 Å². The maximum atomic E-state index is 11.3. The highest BCUT2D eigenvalue weighted by Gasteiger charge is 2.39. The van der Waals surface area contributed by atoms with E-state index in [1.165, 1.54) is 4.90 Å². The van der Waals surface area contributed by atoms with Gasteiger partial charge in [0.1, 0.15) is 0 Å². The van der Waals surface area contributed by atoms with Crippen molar-refractivity contribution >= 4 is 5.91 Å². The number of rotatable bonds is 1. The summed E-state index contributed by atoms with van der Waals surface area (Å²) in [6, 6.07) is -0.260. The van der Waals surface area contributed by atoms with E-state index in [2.05, 4.69) is 0 Å². The van der Waals surface area contributed by atoms with Gasteiger partial charge in [-0.2, -0.15) is 0 Å². The minimum atomic E-state index is -0.603. The SMILES string of the molecule is O=C1CC(O)CN1C1COCC1O. The zero-order chi connectivity index (χ0) is 9.42. The number of ether oxygens (including phenoxy) is 1. The molecule has 5 heteroatoms. The summed E-state index contributed by atoms with van der Waals surface area (Å²) >= 11 is 0. The molecular weight excluding hydrogens is 174 g/mol. The van der Waals surface area contributed by atoms with E-state index >= 15 is 0 Å². The Labute approximate surface area is 75.9 Å². The van der Waals surface area contributed by atoms with Gasteiger partial charge in [-0.3, -0.25) is 4.79 Å². The first-order valence-corrected chi connectivity index (χ1v) is 4.42. The van der Waals surface area contributed by atoms with Gasteiger partial charge in [-0.15, -0.1) is 0 Å². The lowest BCUT2D eigenvalue weighted by Gasteiger charge is -2.24. The Bertz CT molecular complexity index is 220. The molecule has 2 fully saturated rings. The van der Waals surface area contributed by atoms with Gasteiger partial charge in [0.15, 0.2) is 0 Å². The number of carbonyl (C=O) groups excluding carboxylic acids is 1. The van der Waals surface area contributed by atoms with Crippen molar-refractivity contribution in [3.63, 3.8) is 0 Å². The Morgan fingerprint density at radius 3 is 2.62 bits per heavy atom. The lowest BCUT2D eigenvalue weighted by Crippen LogP contribution is -2.44. The van der Waals surface area contributed by atoms with Gasteiger partial charge < -0.3 is 19.8 Å². The summed E-state index contributed by atoms with van der Waals surface area (Å²) < 4.78 is 5.04. The first-order valence-electron chi connectivity index (χ1n) is 4.42. The van der Waals surface area contributed by atoms with E-state index in [1.54, 1.807) is 0 Å². The van der Waals surface area contributed by atoms with E-state index in [9.17, 15) is 15.0 Å². The molecule has 5 nitrogen and oxygen atoms in total. The molecule has 2 saturated heterocycles. The number of carbonyl (C=O) groups is 1. The summed E-state index contributed by atoms with van der Waals surface area (Å²) in [5.74, 6) is -0.0953. The molecule has 0 aromatic rings. The van der Waals surface area contributed by atoms with E-state index in [-0.39, 0.29) is 25.0 Å². The van der Waals surface area contributed by atoms with Crippen LogP contribution in [-0.4, -0.2) is 59.0 Å². The van der Waals surface area contributed by atoms with Crippen molar-refractivity contribution in [3.8, 4) is 0 Å². The number of hydrogen-bond donors (Lipinski definition) is 2. The smallest absolute Gasteiger partial charge is 0.225 e. The quantitative estimate of drug-likeness (QED) is 0.515. The fraction of sp³-hybridized carbons (Fsp3) is 0.875. The van der Waals surface area contributed by atoms with Crippen LogP contribution in [0.1, 0.15) is 6.42 Å². The molecule has 2 aliphatic heterocycles. The molecule has 0 bridgehead atoms. The molecular formula is C8H13NO4. The average Bonchev–Trinajstić information content (AvgIpc) is 2.58. The van der Waals surface area contributed by atoms with Crippen molar-refractivity contribution in [2.75, 3.05) is 19.8 Å². The Morgan fingerprint density at radius 1 is 1.38 bits per heavy atom. The standard InChI is InChI=1S/C8H13NO4/c10-5-1-8(12)9(2-5)6-3-13-4-7(6)11/h5-7,10-11H,1-4H2. The van der Waals surface area contributed by atoms with Crippen molar-refractivity contribution in [1.29, 1.82) is 0 Å². The zero-order valence-corrected chi connectivity index (χ0v) is 7.22. The highest BCUT2D eigenvalue weighted by atomic mass is 16.5. The van der Waals surface area contributed by atoms with Gasteiger partial charge in [0.05, 0.1) is 37.9 Å². The maximum absolute atomic E-state index is 11.3. The maximum Gasteiger partial charge on any atom is 0.225 e.